The summed E-state index contributed by atoms with van der Waals surface area (Å²) in [6.45, 7) is 4.45. The standard InChI is InChI=1S/C19H24N2O2S/c1-14-3-8-18(24-14)13-20(2)19(23)15-4-6-16(7-5-15)21-11-9-17(22)10-12-21/h3-8,17,22H,9-13H2,1-2H3. The van der Waals surface area contributed by atoms with E-state index in [1.54, 1.807) is 16.2 Å². The molecule has 0 saturated carbocycles. The number of aryl methyl sites for hydroxylation is 1. The largest absolute Gasteiger partial charge is 0.393 e. The van der Waals surface area contributed by atoms with Crippen LogP contribution in [0, 0.1) is 6.92 Å². The Kier molecular flexibility index (Phi) is 5.21. The van der Waals surface area contributed by atoms with Crippen LogP contribution in [0.15, 0.2) is 36.4 Å². The molecule has 1 amide bonds. The summed E-state index contributed by atoms with van der Waals surface area (Å²) in [6, 6.07) is 12.0. The topological polar surface area (TPSA) is 43.8 Å². The summed E-state index contributed by atoms with van der Waals surface area (Å²) in [5, 5.41) is 9.60. The maximum Gasteiger partial charge on any atom is 0.253 e. The Morgan fingerprint density at radius 1 is 1.21 bits per heavy atom. The number of anilines is 1. The van der Waals surface area contributed by atoms with Gasteiger partial charge in [-0.25, -0.2) is 0 Å². The molecule has 1 aliphatic heterocycles. The van der Waals surface area contributed by atoms with Gasteiger partial charge in [-0.15, -0.1) is 11.3 Å². The lowest BCUT2D eigenvalue weighted by Crippen LogP contribution is -2.35. The van der Waals surface area contributed by atoms with Crippen LogP contribution < -0.4 is 4.90 Å². The van der Waals surface area contributed by atoms with Crippen molar-refractivity contribution in [3.8, 4) is 0 Å². The average molecular weight is 344 g/mol. The van der Waals surface area contributed by atoms with Crippen molar-refractivity contribution in [2.75, 3.05) is 25.0 Å². The van der Waals surface area contributed by atoms with Gasteiger partial charge in [0, 0.05) is 41.1 Å². The number of nitrogens with zero attached hydrogens (tertiary/aromatic N) is 2. The van der Waals surface area contributed by atoms with E-state index in [1.807, 2.05) is 31.3 Å². The van der Waals surface area contributed by atoms with Crippen LogP contribution in [0.4, 0.5) is 5.69 Å². The molecule has 1 aromatic carbocycles. The van der Waals surface area contributed by atoms with Crippen molar-refractivity contribution in [2.24, 2.45) is 0 Å². The smallest absolute Gasteiger partial charge is 0.253 e. The molecule has 2 heterocycles. The first-order valence-electron chi connectivity index (χ1n) is 8.37. The van der Waals surface area contributed by atoms with Gasteiger partial charge in [-0.3, -0.25) is 4.79 Å². The number of carbonyl (C=O) groups excluding carboxylic acids is 1. The molecule has 0 radical (unpaired) electrons. The molecular weight excluding hydrogens is 320 g/mol. The highest BCUT2D eigenvalue weighted by Crippen LogP contribution is 2.22. The normalized spacial score (nSPS) is 15.5. The summed E-state index contributed by atoms with van der Waals surface area (Å²) in [7, 11) is 1.84. The van der Waals surface area contributed by atoms with E-state index in [4.69, 9.17) is 0 Å². The van der Waals surface area contributed by atoms with E-state index in [1.165, 1.54) is 9.75 Å². The van der Waals surface area contributed by atoms with Crippen LogP contribution in [-0.2, 0) is 6.54 Å². The minimum absolute atomic E-state index is 0.0432. The lowest BCUT2D eigenvalue weighted by atomic mass is 10.1. The minimum Gasteiger partial charge on any atom is -0.393 e. The molecule has 1 aromatic heterocycles. The molecule has 0 atom stereocenters. The Morgan fingerprint density at radius 3 is 2.46 bits per heavy atom. The molecule has 0 unspecified atom stereocenters. The molecule has 3 rings (SSSR count). The number of hydrogen-bond donors (Lipinski definition) is 1. The number of amides is 1. The van der Waals surface area contributed by atoms with E-state index in [2.05, 4.69) is 24.0 Å². The van der Waals surface area contributed by atoms with Crippen LogP contribution in [0.1, 0.15) is 33.0 Å². The number of piperidine rings is 1. The number of benzene rings is 1. The molecule has 1 fully saturated rings. The monoisotopic (exact) mass is 344 g/mol. The lowest BCUT2D eigenvalue weighted by Gasteiger charge is -2.31. The second-order valence-electron chi connectivity index (χ2n) is 6.44. The predicted molar refractivity (Wildman–Crippen MR) is 98.7 cm³/mol. The first-order valence-corrected chi connectivity index (χ1v) is 9.18. The van der Waals surface area contributed by atoms with Crippen molar-refractivity contribution in [3.05, 3.63) is 51.7 Å². The SMILES string of the molecule is Cc1ccc(CN(C)C(=O)c2ccc(N3CCC(O)CC3)cc2)s1. The van der Waals surface area contributed by atoms with Crippen molar-refractivity contribution in [1.29, 1.82) is 0 Å². The zero-order valence-corrected chi connectivity index (χ0v) is 15.1. The Bertz CT molecular complexity index is 688. The molecule has 0 bridgehead atoms. The third kappa shape index (κ3) is 3.97. The number of rotatable bonds is 4. The fourth-order valence-electron chi connectivity index (χ4n) is 3.03. The van der Waals surface area contributed by atoms with Gasteiger partial charge in [-0.05, 0) is 56.2 Å². The van der Waals surface area contributed by atoms with Gasteiger partial charge in [0.15, 0.2) is 0 Å². The number of thiophene rings is 1. The maximum atomic E-state index is 12.6. The molecule has 128 valence electrons. The first kappa shape index (κ1) is 17.0. The molecule has 1 saturated heterocycles. The summed E-state index contributed by atoms with van der Waals surface area (Å²) in [4.78, 5) is 19.1. The Morgan fingerprint density at radius 2 is 1.88 bits per heavy atom. The van der Waals surface area contributed by atoms with Crippen LogP contribution in [0.5, 0.6) is 0 Å². The summed E-state index contributed by atoms with van der Waals surface area (Å²) in [5.74, 6) is 0.0432. The van der Waals surface area contributed by atoms with E-state index in [0.717, 1.165) is 31.6 Å². The van der Waals surface area contributed by atoms with E-state index < -0.39 is 0 Å². The van der Waals surface area contributed by atoms with E-state index in [0.29, 0.717) is 12.1 Å². The fraction of sp³-hybridized carbons (Fsp3) is 0.421. The van der Waals surface area contributed by atoms with Crippen LogP contribution in [0.2, 0.25) is 0 Å². The highest BCUT2D eigenvalue weighted by molar-refractivity contribution is 7.11. The summed E-state index contributed by atoms with van der Waals surface area (Å²) < 4.78 is 0. The van der Waals surface area contributed by atoms with Crippen LogP contribution >= 0.6 is 11.3 Å². The Hall–Kier alpha value is -1.85. The average Bonchev–Trinajstić information content (AvgIpc) is 3.00. The third-order valence-corrected chi connectivity index (χ3v) is 5.47. The molecule has 1 aliphatic rings. The highest BCUT2D eigenvalue weighted by Gasteiger charge is 2.18. The highest BCUT2D eigenvalue weighted by atomic mass is 32.1. The minimum atomic E-state index is -0.170. The Balaban J connectivity index is 1.63. The molecule has 24 heavy (non-hydrogen) atoms. The summed E-state index contributed by atoms with van der Waals surface area (Å²) >= 11 is 1.73. The van der Waals surface area contributed by atoms with Gasteiger partial charge < -0.3 is 14.9 Å². The molecule has 0 aliphatic carbocycles. The second kappa shape index (κ2) is 7.36. The third-order valence-electron chi connectivity index (χ3n) is 4.48. The number of hydrogen-bond acceptors (Lipinski definition) is 4. The first-order chi connectivity index (χ1) is 11.5. The number of aliphatic hydroxyl groups excluding tert-OH is 1. The molecule has 4 nitrogen and oxygen atoms in total. The molecule has 0 spiro atoms. The van der Waals surface area contributed by atoms with Gasteiger partial charge in [0.2, 0.25) is 0 Å². The van der Waals surface area contributed by atoms with Gasteiger partial charge >= 0.3 is 0 Å². The summed E-state index contributed by atoms with van der Waals surface area (Å²) in [6.07, 6.45) is 1.45. The van der Waals surface area contributed by atoms with Crippen LogP contribution in [-0.4, -0.2) is 42.2 Å². The van der Waals surface area contributed by atoms with Crippen LogP contribution in [0.25, 0.3) is 0 Å². The lowest BCUT2D eigenvalue weighted by molar-refractivity contribution is 0.0786. The van der Waals surface area contributed by atoms with Gasteiger partial charge in [0.25, 0.3) is 5.91 Å². The van der Waals surface area contributed by atoms with Crippen molar-refractivity contribution in [3.63, 3.8) is 0 Å². The Labute approximate surface area is 147 Å². The number of carbonyl (C=O) groups is 1. The van der Waals surface area contributed by atoms with Crippen molar-refractivity contribution >= 4 is 22.9 Å². The molecule has 1 N–H and O–H groups in total. The van der Waals surface area contributed by atoms with Gasteiger partial charge in [0.1, 0.15) is 0 Å². The van der Waals surface area contributed by atoms with E-state index in [9.17, 15) is 9.90 Å². The summed E-state index contributed by atoms with van der Waals surface area (Å²) in [5.41, 5.74) is 1.83. The zero-order valence-electron chi connectivity index (χ0n) is 14.2. The van der Waals surface area contributed by atoms with Gasteiger partial charge in [0.05, 0.1) is 12.6 Å². The molecule has 2 aromatic rings. The molecular formula is C19H24N2O2S. The van der Waals surface area contributed by atoms with Crippen LogP contribution in [0.3, 0.4) is 0 Å². The fourth-order valence-corrected chi connectivity index (χ4v) is 3.98. The quantitative estimate of drug-likeness (QED) is 0.925. The predicted octanol–water partition coefficient (Wildman–Crippen LogP) is 3.29. The van der Waals surface area contributed by atoms with E-state index in [-0.39, 0.29) is 12.0 Å². The van der Waals surface area contributed by atoms with Crippen molar-refractivity contribution in [2.45, 2.75) is 32.4 Å². The zero-order chi connectivity index (χ0) is 17.1. The van der Waals surface area contributed by atoms with E-state index >= 15 is 0 Å². The van der Waals surface area contributed by atoms with Crippen molar-refractivity contribution < 1.29 is 9.90 Å². The van der Waals surface area contributed by atoms with Gasteiger partial charge in [-0.2, -0.15) is 0 Å². The van der Waals surface area contributed by atoms with Gasteiger partial charge in [-0.1, -0.05) is 0 Å². The maximum absolute atomic E-state index is 12.6. The second-order valence-corrected chi connectivity index (χ2v) is 7.81. The molecule has 5 heteroatoms. The van der Waals surface area contributed by atoms with Crippen molar-refractivity contribution in [1.82, 2.24) is 4.90 Å². The number of aliphatic hydroxyl groups is 1.